The lowest BCUT2D eigenvalue weighted by atomic mass is 10.1. The average Bonchev–Trinajstić information content (AvgIpc) is 2.89. The van der Waals surface area contributed by atoms with E-state index in [4.69, 9.17) is 9.26 Å². The molecular formula is C16H21N3O3. The molecule has 0 saturated carbocycles. The maximum Gasteiger partial charge on any atom is 0.257 e. The number of pyridine rings is 1. The summed E-state index contributed by atoms with van der Waals surface area (Å²) in [4.78, 5) is 16.3. The number of rotatable bonds is 7. The van der Waals surface area contributed by atoms with Gasteiger partial charge in [-0.3, -0.25) is 9.78 Å². The topological polar surface area (TPSA) is 77.2 Å². The van der Waals surface area contributed by atoms with E-state index in [0.717, 1.165) is 12.0 Å². The Hall–Kier alpha value is -2.21. The molecule has 0 atom stereocenters. The van der Waals surface area contributed by atoms with Crippen molar-refractivity contribution in [1.29, 1.82) is 0 Å². The summed E-state index contributed by atoms with van der Waals surface area (Å²) in [6, 6.07) is 3.57. The number of amides is 1. The van der Waals surface area contributed by atoms with Gasteiger partial charge in [0.2, 0.25) is 0 Å². The molecule has 2 rings (SSSR count). The Bertz CT molecular complexity index is 608. The number of carbonyl (C=O) groups is 1. The van der Waals surface area contributed by atoms with Gasteiger partial charge in [-0.05, 0) is 39.3 Å². The highest BCUT2D eigenvalue weighted by atomic mass is 16.5. The molecule has 0 saturated heterocycles. The van der Waals surface area contributed by atoms with E-state index >= 15 is 0 Å². The van der Waals surface area contributed by atoms with Crippen molar-refractivity contribution in [3.63, 3.8) is 0 Å². The SMILES string of the molecule is Cc1noc(-c2ccncc2)c1C(=O)NCCCOC(C)C. The maximum atomic E-state index is 12.4. The molecule has 0 fully saturated rings. The molecular weight excluding hydrogens is 282 g/mol. The van der Waals surface area contributed by atoms with Crippen LogP contribution in [-0.4, -0.2) is 35.3 Å². The second-order valence-corrected chi connectivity index (χ2v) is 5.24. The van der Waals surface area contributed by atoms with Crippen molar-refractivity contribution in [2.75, 3.05) is 13.2 Å². The van der Waals surface area contributed by atoms with Crippen LogP contribution in [0.1, 0.15) is 36.3 Å². The molecule has 6 heteroatoms. The van der Waals surface area contributed by atoms with Crippen molar-refractivity contribution in [2.24, 2.45) is 0 Å². The van der Waals surface area contributed by atoms with Crippen LogP contribution in [0.15, 0.2) is 29.0 Å². The zero-order valence-corrected chi connectivity index (χ0v) is 13.1. The molecule has 118 valence electrons. The molecule has 0 spiro atoms. The highest BCUT2D eigenvalue weighted by Crippen LogP contribution is 2.25. The van der Waals surface area contributed by atoms with Crippen LogP contribution in [0.3, 0.4) is 0 Å². The fraction of sp³-hybridized carbons (Fsp3) is 0.438. The molecule has 0 bridgehead atoms. The minimum absolute atomic E-state index is 0.185. The third kappa shape index (κ3) is 4.14. The molecule has 0 aliphatic rings. The smallest absolute Gasteiger partial charge is 0.257 e. The van der Waals surface area contributed by atoms with E-state index in [-0.39, 0.29) is 12.0 Å². The van der Waals surface area contributed by atoms with Gasteiger partial charge in [0.25, 0.3) is 5.91 Å². The van der Waals surface area contributed by atoms with Crippen LogP contribution in [-0.2, 0) is 4.74 Å². The standard InChI is InChI=1S/C16H21N3O3/c1-11(2)21-10-4-7-18-16(20)14-12(3)19-22-15(14)13-5-8-17-9-6-13/h5-6,8-9,11H,4,7,10H2,1-3H3,(H,18,20). The quantitative estimate of drug-likeness (QED) is 0.795. The molecule has 0 aliphatic heterocycles. The van der Waals surface area contributed by atoms with Crippen LogP contribution in [0.5, 0.6) is 0 Å². The van der Waals surface area contributed by atoms with E-state index in [0.29, 0.717) is 30.2 Å². The summed E-state index contributed by atoms with van der Waals surface area (Å²) >= 11 is 0. The summed E-state index contributed by atoms with van der Waals surface area (Å²) in [5, 5.41) is 6.78. The van der Waals surface area contributed by atoms with E-state index < -0.39 is 0 Å². The molecule has 0 radical (unpaired) electrons. The van der Waals surface area contributed by atoms with E-state index in [2.05, 4.69) is 15.5 Å². The second kappa shape index (κ2) is 7.70. The Morgan fingerprint density at radius 2 is 2.09 bits per heavy atom. The first-order valence-corrected chi connectivity index (χ1v) is 7.36. The van der Waals surface area contributed by atoms with E-state index in [9.17, 15) is 4.79 Å². The molecule has 6 nitrogen and oxygen atoms in total. The Kier molecular flexibility index (Phi) is 5.66. The predicted molar refractivity (Wildman–Crippen MR) is 82.5 cm³/mol. The minimum Gasteiger partial charge on any atom is -0.379 e. The van der Waals surface area contributed by atoms with E-state index in [1.54, 1.807) is 31.5 Å². The molecule has 2 aromatic heterocycles. The van der Waals surface area contributed by atoms with Crippen molar-refractivity contribution in [3.8, 4) is 11.3 Å². The van der Waals surface area contributed by atoms with E-state index in [1.807, 2.05) is 13.8 Å². The van der Waals surface area contributed by atoms with Crippen molar-refractivity contribution >= 4 is 5.91 Å². The summed E-state index contributed by atoms with van der Waals surface area (Å²) in [7, 11) is 0. The van der Waals surface area contributed by atoms with Gasteiger partial charge in [-0.15, -0.1) is 0 Å². The summed E-state index contributed by atoms with van der Waals surface area (Å²) in [6.07, 6.45) is 4.27. The number of ether oxygens (including phenoxy) is 1. The van der Waals surface area contributed by atoms with Gasteiger partial charge in [-0.2, -0.15) is 0 Å². The zero-order valence-electron chi connectivity index (χ0n) is 13.1. The summed E-state index contributed by atoms with van der Waals surface area (Å²) in [5.74, 6) is 0.283. The van der Waals surface area contributed by atoms with Crippen LogP contribution >= 0.6 is 0 Å². The fourth-order valence-corrected chi connectivity index (χ4v) is 2.02. The lowest BCUT2D eigenvalue weighted by Gasteiger charge is -2.08. The van der Waals surface area contributed by atoms with Crippen LogP contribution in [0, 0.1) is 6.92 Å². The number of nitrogens with zero attached hydrogens (tertiary/aromatic N) is 2. The molecule has 1 N–H and O–H groups in total. The molecule has 1 amide bonds. The Labute approximate surface area is 129 Å². The van der Waals surface area contributed by atoms with Crippen LogP contribution in [0.25, 0.3) is 11.3 Å². The molecule has 2 heterocycles. The lowest BCUT2D eigenvalue weighted by molar-refractivity contribution is 0.0757. The highest BCUT2D eigenvalue weighted by molar-refractivity contribution is 6.00. The number of aryl methyl sites for hydroxylation is 1. The van der Waals surface area contributed by atoms with Crippen molar-refractivity contribution in [3.05, 3.63) is 35.8 Å². The Balaban J connectivity index is 2.00. The van der Waals surface area contributed by atoms with E-state index in [1.165, 1.54) is 0 Å². The van der Waals surface area contributed by atoms with Crippen molar-refractivity contribution in [1.82, 2.24) is 15.5 Å². The lowest BCUT2D eigenvalue weighted by Crippen LogP contribution is -2.26. The minimum atomic E-state index is -0.185. The highest BCUT2D eigenvalue weighted by Gasteiger charge is 2.21. The number of carbonyl (C=O) groups excluding carboxylic acids is 1. The third-order valence-electron chi connectivity index (χ3n) is 3.09. The molecule has 0 aliphatic carbocycles. The average molecular weight is 303 g/mol. The summed E-state index contributed by atoms with van der Waals surface area (Å²) in [6.45, 7) is 6.90. The number of hydrogen-bond donors (Lipinski definition) is 1. The molecule has 2 aromatic rings. The van der Waals surface area contributed by atoms with Gasteiger partial charge in [0.15, 0.2) is 5.76 Å². The zero-order chi connectivity index (χ0) is 15.9. The third-order valence-corrected chi connectivity index (χ3v) is 3.09. The molecule has 0 aromatic carbocycles. The van der Waals surface area contributed by atoms with Gasteiger partial charge >= 0.3 is 0 Å². The first-order valence-electron chi connectivity index (χ1n) is 7.36. The molecule has 22 heavy (non-hydrogen) atoms. The van der Waals surface area contributed by atoms with Crippen LogP contribution in [0.2, 0.25) is 0 Å². The Morgan fingerprint density at radius 3 is 2.77 bits per heavy atom. The number of hydrogen-bond acceptors (Lipinski definition) is 5. The van der Waals surface area contributed by atoms with Crippen LogP contribution in [0.4, 0.5) is 0 Å². The van der Waals surface area contributed by atoms with Gasteiger partial charge in [0.05, 0.1) is 11.8 Å². The normalized spacial score (nSPS) is 10.9. The van der Waals surface area contributed by atoms with Gasteiger partial charge in [-0.25, -0.2) is 0 Å². The van der Waals surface area contributed by atoms with Gasteiger partial charge in [-0.1, -0.05) is 5.16 Å². The fourth-order valence-electron chi connectivity index (χ4n) is 2.02. The van der Waals surface area contributed by atoms with Gasteiger partial charge in [0.1, 0.15) is 5.56 Å². The van der Waals surface area contributed by atoms with Crippen LogP contribution < -0.4 is 5.32 Å². The maximum absolute atomic E-state index is 12.4. The van der Waals surface area contributed by atoms with Crippen molar-refractivity contribution < 1.29 is 14.1 Å². The van der Waals surface area contributed by atoms with Gasteiger partial charge < -0.3 is 14.6 Å². The number of nitrogens with one attached hydrogen (secondary N) is 1. The monoisotopic (exact) mass is 303 g/mol. The van der Waals surface area contributed by atoms with Crippen molar-refractivity contribution in [2.45, 2.75) is 33.3 Å². The summed E-state index contributed by atoms with van der Waals surface area (Å²) < 4.78 is 10.7. The van der Waals surface area contributed by atoms with Gasteiger partial charge in [0, 0.05) is 31.1 Å². The first-order chi connectivity index (χ1) is 10.6. The Morgan fingerprint density at radius 1 is 1.36 bits per heavy atom. The predicted octanol–water partition coefficient (Wildman–Crippen LogP) is 2.59. The number of aromatic nitrogens is 2. The molecule has 0 unspecified atom stereocenters. The summed E-state index contributed by atoms with van der Waals surface area (Å²) in [5.41, 5.74) is 1.82. The largest absolute Gasteiger partial charge is 0.379 e. The first kappa shape index (κ1) is 16.2. The second-order valence-electron chi connectivity index (χ2n) is 5.24.